The van der Waals surface area contributed by atoms with Crippen LogP contribution in [0.5, 0.6) is 0 Å². The number of aryl methyl sites for hydroxylation is 2. The van der Waals surface area contributed by atoms with E-state index in [0.717, 1.165) is 6.54 Å². The molecule has 19 heavy (non-hydrogen) atoms. The molecule has 1 fully saturated rings. The van der Waals surface area contributed by atoms with Crippen LogP contribution >= 0.6 is 0 Å². The first-order valence-electron chi connectivity index (χ1n) is 7.81. The van der Waals surface area contributed by atoms with Crippen molar-refractivity contribution in [2.75, 3.05) is 19.6 Å². The van der Waals surface area contributed by atoms with E-state index in [-0.39, 0.29) is 0 Å². The maximum absolute atomic E-state index is 3.80. The molecule has 0 spiro atoms. The summed E-state index contributed by atoms with van der Waals surface area (Å²) in [7, 11) is 0. The van der Waals surface area contributed by atoms with E-state index in [2.05, 4.69) is 42.3 Å². The molecule has 1 saturated heterocycles. The van der Waals surface area contributed by atoms with Gasteiger partial charge in [-0.15, -0.1) is 0 Å². The van der Waals surface area contributed by atoms with Crippen LogP contribution in [0.15, 0.2) is 18.2 Å². The predicted molar refractivity (Wildman–Crippen MR) is 80.5 cm³/mol. The topological polar surface area (TPSA) is 15.3 Å². The van der Waals surface area contributed by atoms with Gasteiger partial charge in [0, 0.05) is 18.6 Å². The summed E-state index contributed by atoms with van der Waals surface area (Å²) in [5.74, 6) is 0. The molecule has 0 saturated carbocycles. The molecule has 2 atom stereocenters. The highest BCUT2D eigenvalue weighted by atomic mass is 15.2. The number of nitrogens with one attached hydrogen (secondary N) is 1. The zero-order valence-corrected chi connectivity index (χ0v) is 12.3. The standard InChI is InChI=1S/C17H26N2/c1-13-5-6-15-7-8-17(16(15)11-13)18-12-14(2)19-9-3-4-10-19/h5-6,11,14,17-18H,3-4,7-10,12H2,1-2H3. The van der Waals surface area contributed by atoms with E-state index < -0.39 is 0 Å². The Bertz CT molecular complexity index is 435. The fourth-order valence-electron chi connectivity index (χ4n) is 3.56. The van der Waals surface area contributed by atoms with Crippen LogP contribution in [0.1, 0.15) is 48.9 Å². The minimum atomic E-state index is 0.583. The van der Waals surface area contributed by atoms with Crippen molar-refractivity contribution in [3.8, 4) is 0 Å². The van der Waals surface area contributed by atoms with E-state index in [9.17, 15) is 0 Å². The van der Waals surface area contributed by atoms with Crippen molar-refractivity contribution in [2.24, 2.45) is 0 Å². The van der Waals surface area contributed by atoms with Crippen LogP contribution in [0, 0.1) is 6.92 Å². The number of likely N-dealkylation sites (tertiary alicyclic amines) is 1. The highest BCUT2D eigenvalue weighted by molar-refractivity contribution is 5.37. The van der Waals surface area contributed by atoms with Gasteiger partial charge in [0.25, 0.3) is 0 Å². The second-order valence-electron chi connectivity index (χ2n) is 6.29. The molecule has 1 aliphatic heterocycles. The first-order chi connectivity index (χ1) is 9.24. The van der Waals surface area contributed by atoms with Crippen molar-refractivity contribution in [3.05, 3.63) is 34.9 Å². The Hall–Kier alpha value is -0.860. The molecule has 0 bridgehead atoms. The molecule has 1 heterocycles. The molecule has 2 aliphatic rings. The van der Waals surface area contributed by atoms with E-state index >= 15 is 0 Å². The summed E-state index contributed by atoms with van der Waals surface area (Å²) in [6, 6.07) is 8.20. The maximum Gasteiger partial charge on any atom is 0.0326 e. The fourth-order valence-corrected chi connectivity index (χ4v) is 3.56. The third kappa shape index (κ3) is 2.85. The molecule has 2 nitrogen and oxygen atoms in total. The van der Waals surface area contributed by atoms with Gasteiger partial charge in [0.1, 0.15) is 0 Å². The molecule has 0 radical (unpaired) electrons. The SMILES string of the molecule is Cc1ccc2c(c1)C(NCC(C)N1CCCC1)CC2. The summed E-state index contributed by atoms with van der Waals surface area (Å²) in [5, 5.41) is 3.80. The minimum absolute atomic E-state index is 0.583. The molecule has 104 valence electrons. The smallest absolute Gasteiger partial charge is 0.0326 e. The number of rotatable bonds is 4. The van der Waals surface area contributed by atoms with Gasteiger partial charge in [0.2, 0.25) is 0 Å². The second kappa shape index (κ2) is 5.64. The lowest BCUT2D eigenvalue weighted by Gasteiger charge is -2.26. The van der Waals surface area contributed by atoms with E-state index in [1.165, 1.54) is 44.3 Å². The van der Waals surface area contributed by atoms with Crippen LogP contribution < -0.4 is 5.32 Å². The van der Waals surface area contributed by atoms with Gasteiger partial charge in [-0.3, -0.25) is 4.90 Å². The third-order valence-corrected chi connectivity index (χ3v) is 4.80. The Balaban J connectivity index is 1.58. The van der Waals surface area contributed by atoms with E-state index in [0.29, 0.717) is 12.1 Å². The average Bonchev–Trinajstić information content (AvgIpc) is 3.05. The van der Waals surface area contributed by atoms with Gasteiger partial charge in [-0.2, -0.15) is 0 Å². The van der Waals surface area contributed by atoms with Gasteiger partial charge in [0.15, 0.2) is 0 Å². The fraction of sp³-hybridized carbons (Fsp3) is 0.647. The van der Waals surface area contributed by atoms with Crippen LogP contribution in [0.25, 0.3) is 0 Å². The first kappa shape index (κ1) is 13.1. The molecule has 2 heteroatoms. The van der Waals surface area contributed by atoms with Crippen LogP contribution in [-0.2, 0) is 6.42 Å². The molecule has 1 aromatic rings. The molecule has 0 amide bonds. The van der Waals surface area contributed by atoms with Crippen molar-refractivity contribution >= 4 is 0 Å². The summed E-state index contributed by atoms with van der Waals surface area (Å²) in [6.07, 6.45) is 5.28. The molecule has 2 unspecified atom stereocenters. The van der Waals surface area contributed by atoms with Crippen LogP contribution in [-0.4, -0.2) is 30.6 Å². The molecule has 3 rings (SSSR count). The zero-order chi connectivity index (χ0) is 13.2. The molecule has 0 aromatic heterocycles. The van der Waals surface area contributed by atoms with Gasteiger partial charge in [-0.25, -0.2) is 0 Å². The van der Waals surface area contributed by atoms with E-state index in [4.69, 9.17) is 0 Å². The maximum atomic E-state index is 3.80. The molecule has 1 aliphatic carbocycles. The molecular formula is C17H26N2. The number of nitrogens with zero attached hydrogens (tertiary/aromatic N) is 1. The van der Waals surface area contributed by atoms with Gasteiger partial charge in [-0.1, -0.05) is 23.8 Å². The second-order valence-corrected chi connectivity index (χ2v) is 6.29. The van der Waals surface area contributed by atoms with Gasteiger partial charge < -0.3 is 5.32 Å². The van der Waals surface area contributed by atoms with Gasteiger partial charge in [0.05, 0.1) is 0 Å². The Morgan fingerprint density at radius 1 is 1.32 bits per heavy atom. The molecule has 1 N–H and O–H groups in total. The first-order valence-corrected chi connectivity index (χ1v) is 7.81. The van der Waals surface area contributed by atoms with Crippen molar-refractivity contribution in [1.29, 1.82) is 0 Å². The van der Waals surface area contributed by atoms with Gasteiger partial charge >= 0.3 is 0 Å². The normalized spacial score (nSPS) is 24.6. The lowest BCUT2D eigenvalue weighted by Crippen LogP contribution is -2.39. The van der Waals surface area contributed by atoms with Crippen molar-refractivity contribution < 1.29 is 0 Å². The highest BCUT2D eigenvalue weighted by Gasteiger charge is 2.24. The third-order valence-electron chi connectivity index (χ3n) is 4.80. The largest absolute Gasteiger partial charge is 0.308 e. The van der Waals surface area contributed by atoms with Gasteiger partial charge in [-0.05, 0) is 63.7 Å². The Morgan fingerprint density at radius 3 is 2.89 bits per heavy atom. The summed E-state index contributed by atoms with van der Waals surface area (Å²) in [5.41, 5.74) is 4.49. The highest BCUT2D eigenvalue weighted by Crippen LogP contribution is 2.31. The van der Waals surface area contributed by atoms with Crippen molar-refractivity contribution in [3.63, 3.8) is 0 Å². The number of hydrogen-bond donors (Lipinski definition) is 1. The Kier molecular flexibility index (Phi) is 3.90. The number of hydrogen-bond acceptors (Lipinski definition) is 2. The minimum Gasteiger partial charge on any atom is -0.308 e. The number of benzene rings is 1. The number of fused-ring (bicyclic) bond motifs is 1. The summed E-state index contributed by atoms with van der Waals surface area (Å²) >= 11 is 0. The zero-order valence-electron chi connectivity index (χ0n) is 12.3. The Labute approximate surface area is 117 Å². The van der Waals surface area contributed by atoms with Crippen molar-refractivity contribution in [2.45, 2.75) is 51.6 Å². The van der Waals surface area contributed by atoms with E-state index in [1.807, 2.05) is 0 Å². The van der Waals surface area contributed by atoms with Crippen molar-refractivity contribution in [1.82, 2.24) is 10.2 Å². The Morgan fingerprint density at radius 2 is 2.11 bits per heavy atom. The van der Waals surface area contributed by atoms with Crippen LogP contribution in [0.2, 0.25) is 0 Å². The lowest BCUT2D eigenvalue weighted by atomic mass is 10.0. The average molecular weight is 258 g/mol. The van der Waals surface area contributed by atoms with Crippen LogP contribution in [0.4, 0.5) is 0 Å². The quantitative estimate of drug-likeness (QED) is 0.893. The summed E-state index contributed by atoms with van der Waals surface area (Å²) in [6.45, 7) is 8.28. The summed E-state index contributed by atoms with van der Waals surface area (Å²) in [4.78, 5) is 2.62. The summed E-state index contributed by atoms with van der Waals surface area (Å²) < 4.78 is 0. The van der Waals surface area contributed by atoms with E-state index in [1.54, 1.807) is 11.1 Å². The lowest BCUT2D eigenvalue weighted by molar-refractivity contribution is 0.245. The monoisotopic (exact) mass is 258 g/mol. The van der Waals surface area contributed by atoms with Crippen LogP contribution in [0.3, 0.4) is 0 Å². The molecular weight excluding hydrogens is 232 g/mol. The predicted octanol–water partition coefficient (Wildman–Crippen LogP) is 3.06. The molecule has 1 aromatic carbocycles.